The molecule has 0 atom stereocenters. The van der Waals surface area contributed by atoms with Crippen LogP contribution in [0.2, 0.25) is 0 Å². The lowest BCUT2D eigenvalue weighted by Crippen LogP contribution is -1.93. The number of benzene rings is 3. The minimum Gasteiger partial charge on any atom is -0.475 e. The largest absolute Gasteiger partial charge is 0.475 e. The molecule has 0 spiro atoms. The number of carbonyl (C=O) groups is 1. The Balaban J connectivity index is 1.99. The van der Waals surface area contributed by atoms with Crippen LogP contribution in [-0.2, 0) is 0 Å². The summed E-state index contributed by atoms with van der Waals surface area (Å²) >= 11 is 0. The molecule has 4 aromatic rings. The van der Waals surface area contributed by atoms with E-state index in [0.29, 0.717) is 11.1 Å². The molecule has 24 heavy (non-hydrogen) atoms. The number of carboxylic acid groups (broad SMARTS) is 1. The highest BCUT2D eigenvalue weighted by atomic mass is 16.4. The summed E-state index contributed by atoms with van der Waals surface area (Å²) in [5, 5.41) is 10.9. The predicted molar refractivity (Wildman–Crippen MR) is 94.0 cm³/mol. The molecule has 0 radical (unpaired) electrons. The van der Waals surface area contributed by atoms with Crippen LogP contribution in [0.4, 0.5) is 0 Å². The third-order valence-electron chi connectivity index (χ3n) is 4.05. The average molecular weight is 314 g/mol. The molecule has 3 nitrogen and oxygen atoms in total. The molecule has 0 bridgehead atoms. The van der Waals surface area contributed by atoms with Gasteiger partial charge in [0.15, 0.2) is 0 Å². The van der Waals surface area contributed by atoms with Gasteiger partial charge in [0.2, 0.25) is 5.76 Å². The number of carboxylic acids is 1. The number of hydrogen-bond acceptors (Lipinski definition) is 2. The lowest BCUT2D eigenvalue weighted by atomic mass is 10.00. The summed E-state index contributed by atoms with van der Waals surface area (Å²) in [6.07, 6.45) is 0. The third kappa shape index (κ3) is 2.36. The maximum absolute atomic E-state index is 11.5. The van der Waals surface area contributed by atoms with Crippen molar-refractivity contribution in [2.24, 2.45) is 0 Å². The molecule has 0 aliphatic rings. The standard InChI is InChI=1S/C21H14O3/c22-21(23)20-17-12-11-16(14-7-3-1-4-8-14)13-18(17)19(24-20)15-9-5-2-6-10-15/h1-13H,(H,22,23). The van der Waals surface area contributed by atoms with Crippen molar-refractivity contribution in [2.45, 2.75) is 0 Å². The van der Waals surface area contributed by atoms with E-state index in [9.17, 15) is 9.90 Å². The first-order valence-corrected chi connectivity index (χ1v) is 7.65. The molecule has 1 N–H and O–H groups in total. The van der Waals surface area contributed by atoms with Crippen LogP contribution in [0.25, 0.3) is 33.2 Å². The van der Waals surface area contributed by atoms with Crippen molar-refractivity contribution in [2.75, 3.05) is 0 Å². The smallest absolute Gasteiger partial charge is 0.372 e. The Labute approximate surface area is 138 Å². The fourth-order valence-electron chi connectivity index (χ4n) is 2.92. The minimum absolute atomic E-state index is 0.0246. The Morgan fingerprint density at radius 2 is 1.33 bits per heavy atom. The van der Waals surface area contributed by atoms with Gasteiger partial charge in [-0.2, -0.15) is 0 Å². The normalized spacial score (nSPS) is 10.8. The molecule has 0 fully saturated rings. The summed E-state index contributed by atoms with van der Waals surface area (Å²) in [6, 6.07) is 25.3. The number of hydrogen-bond donors (Lipinski definition) is 1. The number of aromatic carboxylic acids is 1. The topological polar surface area (TPSA) is 50.4 Å². The molecular formula is C21H14O3. The molecule has 3 aromatic carbocycles. The van der Waals surface area contributed by atoms with Crippen molar-refractivity contribution in [1.82, 2.24) is 0 Å². The van der Waals surface area contributed by atoms with Crippen LogP contribution < -0.4 is 0 Å². The van der Waals surface area contributed by atoms with E-state index in [2.05, 4.69) is 0 Å². The van der Waals surface area contributed by atoms with Crippen LogP contribution in [0, 0.1) is 0 Å². The molecule has 116 valence electrons. The molecule has 0 unspecified atom stereocenters. The molecule has 1 heterocycles. The van der Waals surface area contributed by atoms with Crippen LogP contribution >= 0.6 is 0 Å². The zero-order valence-corrected chi connectivity index (χ0v) is 12.8. The predicted octanol–water partition coefficient (Wildman–Crippen LogP) is 5.47. The van der Waals surface area contributed by atoms with E-state index in [-0.39, 0.29) is 5.76 Å². The third-order valence-corrected chi connectivity index (χ3v) is 4.05. The van der Waals surface area contributed by atoms with Crippen molar-refractivity contribution in [3.63, 3.8) is 0 Å². The highest BCUT2D eigenvalue weighted by Crippen LogP contribution is 2.36. The molecule has 4 rings (SSSR count). The first-order chi connectivity index (χ1) is 11.7. The lowest BCUT2D eigenvalue weighted by Gasteiger charge is -2.03. The van der Waals surface area contributed by atoms with Crippen LogP contribution in [0.3, 0.4) is 0 Å². The van der Waals surface area contributed by atoms with Gasteiger partial charge in [0, 0.05) is 16.3 Å². The van der Waals surface area contributed by atoms with Crippen LogP contribution in [0.5, 0.6) is 0 Å². The monoisotopic (exact) mass is 314 g/mol. The van der Waals surface area contributed by atoms with Gasteiger partial charge in [0.1, 0.15) is 5.76 Å². The fourth-order valence-corrected chi connectivity index (χ4v) is 2.92. The van der Waals surface area contributed by atoms with Gasteiger partial charge in [-0.05, 0) is 23.3 Å². The number of furan rings is 1. The zero-order chi connectivity index (χ0) is 16.5. The zero-order valence-electron chi connectivity index (χ0n) is 12.8. The number of rotatable bonds is 3. The maximum atomic E-state index is 11.5. The van der Waals surface area contributed by atoms with Crippen LogP contribution in [-0.4, -0.2) is 11.1 Å². The summed E-state index contributed by atoms with van der Waals surface area (Å²) in [4.78, 5) is 11.5. The fraction of sp³-hybridized carbons (Fsp3) is 0. The maximum Gasteiger partial charge on any atom is 0.372 e. The van der Waals surface area contributed by atoms with E-state index in [4.69, 9.17) is 4.42 Å². The summed E-state index contributed by atoms with van der Waals surface area (Å²) in [5.74, 6) is -0.501. The van der Waals surface area contributed by atoms with Gasteiger partial charge in [0.05, 0.1) is 0 Å². The van der Waals surface area contributed by atoms with E-state index in [0.717, 1.165) is 22.1 Å². The molecule has 0 amide bonds. The van der Waals surface area contributed by atoms with Crippen molar-refractivity contribution in [3.8, 4) is 22.5 Å². The van der Waals surface area contributed by atoms with E-state index >= 15 is 0 Å². The van der Waals surface area contributed by atoms with Crippen molar-refractivity contribution < 1.29 is 14.3 Å². The quantitative estimate of drug-likeness (QED) is 0.546. The Hall–Kier alpha value is -3.33. The van der Waals surface area contributed by atoms with Crippen molar-refractivity contribution in [1.29, 1.82) is 0 Å². The number of fused-ring (bicyclic) bond motifs is 1. The Bertz CT molecular complexity index is 1020. The summed E-state index contributed by atoms with van der Waals surface area (Å²) in [6.45, 7) is 0. The Morgan fingerprint density at radius 3 is 1.96 bits per heavy atom. The second kappa shape index (κ2) is 5.70. The molecule has 0 aliphatic heterocycles. The van der Waals surface area contributed by atoms with E-state index in [1.807, 2.05) is 78.9 Å². The second-order valence-corrected chi connectivity index (χ2v) is 5.56. The average Bonchev–Trinajstić information content (AvgIpc) is 3.02. The second-order valence-electron chi connectivity index (χ2n) is 5.56. The summed E-state index contributed by atoms with van der Waals surface area (Å²) in [7, 11) is 0. The van der Waals surface area contributed by atoms with Gasteiger partial charge < -0.3 is 9.52 Å². The van der Waals surface area contributed by atoms with Gasteiger partial charge >= 0.3 is 5.97 Å². The van der Waals surface area contributed by atoms with E-state index in [1.54, 1.807) is 0 Å². The van der Waals surface area contributed by atoms with Crippen LogP contribution in [0.15, 0.2) is 83.3 Å². The highest BCUT2D eigenvalue weighted by Gasteiger charge is 2.20. The van der Waals surface area contributed by atoms with E-state index in [1.165, 1.54) is 0 Å². The molecular weight excluding hydrogens is 300 g/mol. The summed E-state index contributed by atoms with van der Waals surface area (Å²) < 4.78 is 5.70. The first-order valence-electron chi connectivity index (χ1n) is 7.65. The summed E-state index contributed by atoms with van der Waals surface area (Å²) in [5.41, 5.74) is 2.97. The highest BCUT2D eigenvalue weighted by molar-refractivity contribution is 6.07. The Morgan fingerprint density at radius 1 is 0.708 bits per heavy atom. The SMILES string of the molecule is O=C(O)c1oc(-c2ccccc2)c2cc(-c3ccccc3)ccc12. The first kappa shape index (κ1) is 14.3. The van der Waals surface area contributed by atoms with Crippen LogP contribution in [0.1, 0.15) is 10.6 Å². The van der Waals surface area contributed by atoms with Crippen molar-refractivity contribution >= 4 is 16.7 Å². The van der Waals surface area contributed by atoms with E-state index < -0.39 is 5.97 Å². The van der Waals surface area contributed by atoms with Gasteiger partial charge in [-0.1, -0.05) is 66.7 Å². The van der Waals surface area contributed by atoms with Gasteiger partial charge in [0.25, 0.3) is 0 Å². The molecule has 0 aliphatic carbocycles. The van der Waals surface area contributed by atoms with Gasteiger partial charge in [-0.15, -0.1) is 0 Å². The Kier molecular flexibility index (Phi) is 3.39. The molecule has 0 saturated heterocycles. The lowest BCUT2D eigenvalue weighted by molar-refractivity contribution is 0.0666. The minimum atomic E-state index is -1.06. The van der Waals surface area contributed by atoms with Gasteiger partial charge in [-0.3, -0.25) is 0 Å². The van der Waals surface area contributed by atoms with Crippen molar-refractivity contribution in [3.05, 3.63) is 84.6 Å². The molecule has 1 aromatic heterocycles. The molecule has 3 heteroatoms. The van der Waals surface area contributed by atoms with Gasteiger partial charge in [-0.25, -0.2) is 4.79 Å². The molecule has 0 saturated carbocycles.